The number of ether oxygens (including phenoxy) is 3. The number of rotatable bonds is 4. The van der Waals surface area contributed by atoms with Crippen LogP contribution in [0.4, 0.5) is 0 Å². The third-order valence-electron chi connectivity index (χ3n) is 3.00. The highest BCUT2D eigenvalue weighted by molar-refractivity contribution is 5.91. The van der Waals surface area contributed by atoms with Crippen LogP contribution in [0.5, 0.6) is 11.5 Å². The third-order valence-corrected chi connectivity index (χ3v) is 3.00. The standard InChI is InChI=1S/C16H16O4/c1-18-13-7-8-14(15(10-13)19-2)11-5-4-6-12(9-11)16(17)20-3/h4-10H,1-3H3. The quantitative estimate of drug-likeness (QED) is 0.802. The summed E-state index contributed by atoms with van der Waals surface area (Å²) in [6.45, 7) is 0. The van der Waals surface area contributed by atoms with E-state index in [1.165, 1.54) is 7.11 Å². The van der Waals surface area contributed by atoms with Gasteiger partial charge >= 0.3 is 5.97 Å². The number of hydrogen-bond acceptors (Lipinski definition) is 4. The fraction of sp³-hybridized carbons (Fsp3) is 0.188. The molecule has 0 aliphatic heterocycles. The number of methoxy groups -OCH3 is 3. The van der Waals surface area contributed by atoms with E-state index in [2.05, 4.69) is 0 Å². The third kappa shape index (κ3) is 2.74. The van der Waals surface area contributed by atoms with E-state index in [0.717, 1.165) is 16.9 Å². The normalized spacial score (nSPS) is 9.95. The Bertz CT molecular complexity index is 620. The molecule has 0 amide bonds. The minimum atomic E-state index is -0.362. The lowest BCUT2D eigenvalue weighted by Gasteiger charge is -2.11. The zero-order valence-electron chi connectivity index (χ0n) is 11.7. The van der Waals surface area contributed by atoms with Crippen LogP contribution in [0.25, 0.3) is 11.1 Å². The molecule has 0 N–H and O–H groups in total. The molecule has 2 rings (SSSR count). The first-order valence-corrected chi connectivity index (χ1v) is 6.10. The van der Waals surface area contributed by atoms with Crippen molar-refractivity contribution >= 4 is 5.97 Å². The highest BCUT2D eigenvalue weighted by atomic mass is 16.5. The van der Waals surface area contributed by atoms with E-state index in [1.54, 1.807) is 32.4 Å². The van der Waals surface area contributed by atoms with Crippen LogP contribution in [-0.4, -0.2) is 27.3 Å². The zero-order valence-corrected chi connectivity index (χ0v) is 11.7. The molecule has 0 spiro atoms. The van der Waals surface area contributed by atoms with Crippen LogP contribution in [0.3, 0.4) is 0 Å². The van der Waals surface area contributed by atoms with E-state index in [0.29, 0.717) is 11.3 Å². The Morgan fingerprint density at radius 1 is 0.950 bits per heavy atom. The first-order valence-electron chi connectivity index (χ1n) is 6.10. The minimum absolute atomic E-state index is 0.362. The Hall–Kier alpha value is -2.49. The molecule has 4 heteroatoms. The van der Waals surface area contributed by atoms with E-state index in [1.807, 2.05) is 24.3 Å². The first-order chi connectivity index (χ1) is 9.69. The van der Waals surface area contributed by atoms with Crippen molar-refractivity contribution in [2.24, 2.45) is 0 Å². The van der Waals surface area contributed by atoms with Crippen molar-refractivity contribution in [3.8, 4) is 22.6 Å². The van der Waals surface area contributed by atoms with Crippen molar-refractivity contribution in [2.45, 2.75) is 0 Å². The van der Waals surface area contributed by atoms with Gasteiger partial charge in [-0.05, 0) is 29.8 Å². The van der Waals surface area contributed by atoms with Crippen molar-refractivity contribution in [3.63, 3.8) is 0 Å². The summed E-state index contributed by atoms with van der Waals surface area (Å²) in [7, 11) is 4.57. The summed E-state index contributed by atoms with van der Waals surface area (Å²) in [5, 5.41) is 0. The van der Waals surface area contributed by atoms with Gasteiger partial charge in [-0.15, -0.1) is 0 Å². The molecule has 104 valence electrons. The molecule has 0 unspecified atom stereocenters. The largest absolute Gasteiger partial charge is 0.497 e. The van der Waals surface area contributed by atoms with Gasteiger partial charge in [0.05, 0.1) is 26.9 Å². The van der Waals surface area contributed by atoms with Gasteiger partial charge in [0.15, 0.2) is 0 Å². The van der Waals surface area contributed by atoms with E-state index >= 15 is 0 Å². The maximum absolute atomic E-state index is 11.6. The molecule has 2 aromatic rings. The lowest BCUT2D eigenvalue weighted by molar-refractivity contribution is 0.0601. The summed E-state index contributed by atoms with van der Waals surface area (Å²) in [5.41, 5.74) is 2.27. The molecule has 0 aromatic heterocycles. The average molecular weight is 272 g/mol. The smallest absolute Gasteiger partial charge is 0.337 e. The summed E-state index contributed by atoms with van der Waals surface area (Å²) in [6.07, 6.45) is 0. The van der Waals surface area contributed by atoms with Gasteiger partial charge in [-0.25, -0.2) is 4.79 Å². The summed E-state index contributed by atoms with van der Waals surface area (Å²) in [4.78, 5) is 11.6. The molecule has 0 aliphatic rings. The topological polar surface area (TPSA) is 44.8 Å². The van der Waals surface area contributed by atoms with E-state index < -0.39 is 0 Å². The first kappa shape index (κ1) is 13.9. The zero-order chi connectivity index (χ0) is 14.5. The Labute approximate surface area is 117 Å². The van der Waals surface area contributed by atoms with Crippen LogP contribution in [0.1, 0.15) is 10.4 Å². The molecule has 0 aliphatic carbocycles. The van der Waals surface area contributed by atoms with Crippen LogP contribution in [0, 0.1) is 0 Å². The van der Waals surface area contributed by atoms with Gasteiger partial charge in [0.25, 0.3) is 0 Å². The maximum Gasteiger partial charge on any atom is 0.337 e. The van der Waals surface area contributed by atoms with Crippen molar-refractivity contribution < 1.29 is 19.0 Å². The van der Waals surface area contributed by atoms with Gasteiger partial charge in [0.1, 0.15) is 11.5 Å². The average Bonchev–Trinajstić information content (AvgIpc) is 2.53. The van der Waals surface area contributed by atoms with Gasteiger partial charge in [0.2, 0.25) is 0 Å². The Morgan fingerprint density at radius 3 is 2.40 bits per heavy atom. The molecular formula is C16H16O4. The summed E-state index contributed by atoms with van der Waals surface area (Å²) < 4.78 is 15.3. The van der Waals surface area contributed by atoms with Gasteiger partial charge in [-0.2, -0.15) is 0 Å². The van der Waals surface area contributed by atoms with Crippen molar-refractivity contribution in [1.29, 1.82) is 0 Å². The van der Waals surface area contributed by atoms with E-state index in [-0.39, 0.29) is 5.97 Å². The molecule has 2 aromatic carbocycles. The minimum Gasteiger partial charge on any atom is -0.497 e. The SMILES string of the molecule is COC(=O)c1cccc(-c2ccc(OC)cc2OC)c1. The lowest BCUT2D eigenvalue weighted by atomic mass is 10.0. The molecule has 0 saturated carbocycles. The van der Waals surface area contributed by atoms with Crippen LogP contribution < -0.4 is 9.47 Å². The number of esters is 1. The Kier molecular flexibility index (Phi) is 4.25. The molecule has 0 bridgehead atoms. The fourth-order valence-corrected chi connectivity index (χ4v) is 1.97. The van der Waals surface area contributed by atoms with Gasteiger partial charge in [-0.1, -0.05) is 12.1 Å². The number of hydrogen-bond donors (Lipinski definition) is 0. The summed E-state index contributed by atoms with van der Waals surface area (Å²) >= 11 is 0. The van der Waals surface area contributed by atoms with Crippen LogP contribution in [-0.2, 0) is 4.74 Å². The molecular weight excluding hydrogens is 256 g/mol. The van der Waals surface area contributed by atoms with Crippen molar-refractivity contribution in [3.05, 3.63) is 48.0 Å². The number of carbonyl (C=O) groups excluding carboxylic acids is 1. The second kappa shape index (κ2) is 6.10. The predicted octanol–water partition coefficient (Wildman–Crippen LogP) is 3.16. The number of carbonyl (C=O) groups is 1. The molecule has 0 fully saturated rings. The van der Waals surface area contributed by atoms with Crippen LogP contribution >= 0.6 is 0 Å². The number of benzene rings is 2. The molecule has 0 atom stereocenters. The summed E-state index contributed by atoms with van der Waals surface area (Å²) in [6, 6.07) is 12.8. The van der Waals surface area contributed by atoms with Gasteiger partial charge in [0, 0.05) is 11.6 Å². The summed E-state index contributed by atoms with van der Waals surface area (Å²) in [5.74, 6) is 1.04. The van der Waals surface area contributed by atoms with E-state index in [9.17, 15) is 4.79 Å². The Morgan fingerprint density at radius 2 is 1.75 bits per heavy atom. The van der Waals surface area contributed by atoms with Crippen LogP contribution in [0.2, 0.25) is 0 Å². The monoisotopic (exact) mass is 272 g/mol. The predicted molar refractivity (Wildman–Crippen MR) is 76.3 cm³/mol. The molecule has 20 heavy (non-hydrogen) atoms. The Balaban J connectivity index is 2.48. The maximum atomic E-state index is 11.6. The molecule has 0 radical (unpaired) electrons. The molecule has 0 saturated heterocycles. The van der Waals surface area contributed by atoms with Gasteiger partial charge < -0.3 is 14.2 Å². The van der Waals surface area contributed by atoms with Crippen LogP contribution in [0.15, 0.2) is 42.5 Å². The van der Waals surface area contributed by atoms with Crippen molar-refractivity contribution in [2.75, 3.05) is 21.3 Å². The lowest BCUT2D eigenvalue weighted by Crippen LogP contribution is -2.01. The second-order valence-electron chi connectivity index (χ2n) is 4.14. The highest BCUT2D eigenvalue weighted by Crippen LogP contribution is 2.33. The van der Waals surface area contributed by atoms with E-state index in [4.69, 9.17) is 14.2 Å². The van der Waals surface area contributed by atoms with Gasteiger partial charge in [-0.3, -0.25) is 0 Å². The van der Waals surface area contributed by atoms with Crippen molar-refractivity contribution in [1.82, 2.24) is 0 Å². The molecule has 0 heterocycles. The molecule has 4 nitrogen and oxygen atoms in total. The highest BCUT2D eigenvalue weighted by Gasteiger charge is 2.11. The second-order valence-corrected chi connectivity index (χ2v) is 4.14. The fourth-order valence-electron chi connectivity index (χ4n) is 1.97.